The Balaban J connectivity index is 3.27. The van der Waals surface area contributed by atoms with Crippen LogP contribution >= 0.6 is 0 Å². The number of hydrogen-bond acceptors (Lipinski definition) is 5. The van der Waals surface area contributed by atoms with Crippen LogP contribution in [0, 0.1) is 10.1 Å². The van der Waals surface area contributed by atoms with Crippen molar-refractivity contribution in [3.05, 3.63) is 33.9 Å². The molecular weight excluding hydrogens is 293 g/mol. The number of nitrogens with zero attached hydrogens (tertiary/aromatic N) is 2. The van der Waals surface area contributed by atoms with Gasteiger partial charge in [0.05, 0.1) is 23.7 Å². The van der Waals surface area contributed by atoms with Gasteiger partial charge in [-0.2, -0.15) is 13.2 Å². The average Bonchev–Trinajstić information content (AvgIpc) is 2.41. The van der Waals surface area contributed by atoms with Crippen molar-refractivity contribution in [3.8, 4) is 0 Å². The summed E-state index contributed by atoms with van der Waals surface area (Å²) in [6, 6.07) is 2.53. The lowest BCUT2D eigenvalue weighted by molar-refractivity contribution is -0.385. The van der Waals surface area contributed by atoms with Gasteiger partial charge in [-0.25, -0.2) is 0 Å². The fraction of sp³-hybridized carbons (Fsp3) is 0.500. The molecule has 1 aromatic carbocycles. The topological polar surface area (TPSA) is 75.8 Å². The molecule has 0 amide bonds. The Morgan fingerprint density at radius 1 is 1.38 bits per heavy atom. The predicted octanol–water partition coefficient (Wildman–Crippen LogP) is 2.06. The quantitative estimate of drug-likeness (QED) is 0.616. The van der Waals surface area contributed by atoms with Crippen LogP contribution in [-0.2, 0) is 10.9 Å². The summed E-state index contributed by atoms with van der Waals surface area (Å²) in [7, 11) is 1.40. The zero-order chi connectivity index (χ0) is 16.0. The number of nitro groups is 1. The van der Waals surface area contributed by atoms with Gasteiger partial charge in [-0.1, -0.05) is 0 Å². The Kier molecular flexibility index (Phi) is 5.91. The molecule has 0 saturated carbocycles. The predicted molar refractivity (Wildman–Crippen MR) is 69.3 cm³/mol. The van der Waals surface area contributed by atoms with Crippen molar-refractivity contribution in [2.75, 3.05) is 38.3 Å². The molecule has 0 unspecified atom stereocenters. The molecule has 1 rings (SSSR count). The van der Waals surface area contributed by atoms with E-state index in [1.165, 1.54) is 12.0 Å². The molecule has 0 aliphatic rings. The van der Waals surface area contributed by atoms with Crippen molar-refractivity contribution in [2.45, 2.75) is 6.18 Å². The first-order valence-corrected chi connectivity index (χ1v) is 6.01. The van der Waals surface area contributed by atoms with Gasteiger partial charge < -0.3 is 14.7 Å². The third kappa shape index (κ3) is 4.57. The molecule has 21 heavy (non-hydrogen) atoms. The lowest BCUT2D eigenvalue weighted by Crippen LogP contribution is -2.32. The number of aliphatic hydroxyl groups excluding tert-OH is 1. The summed E-state index contributed by atoms with van der Waals surface area (Å²) in [5.41, 5.74) is -1.97. The standard InChI is InChI=1S/C12H15F3N2O4/c1-21-7-5-16(4-6-18)11-3-2-9(17(19)20)8-10(11)12(13,14)15/h2-3,8,18H,4-7H2,1H3. The zero-order valence-corrected chi connectivity index (χ0v) is 11.3. The van der Waals surface area contributed by atoms with Gasteiger partial charge in [0.2, 0.25) is 0 Å². The minimum absolute atomic E-state index is 0.0374. The van der Waals surface area contributed by atoms with Crippen LogP contribution in [0.25, 0.3) is 0 Å². The highest BCUT2D eigenvalue weighted by Gasteiger charge is 2.36. The highest BCUT2D eigenvalue weighted by atomic mass is 19.4. The number of rotatable bonds is 7. The zero-order valence-electron chi connectivity index (χ0n) is 11.3. The lowest BCUT2D eigenvalue weighted by atomic mass is 10.1. The van der Waals surface area contributed by atoms with Crippen LogP contribution < -0.4 is 4.90 Å². The number of hydrogen-bond donors (Lipinski definition) is 1. The molecule has 1 N–H and O–H groups in total. The van der Waals surface area contributed by atoms with Gasteiger partial charge in [0.15, 0.2) is 0 Å². The molecule has 0 saturated heterocycles. The van der Waals surface area contributed by atoms with Crippen LogP contribution in [0.3, 0.4) is 0 Å². The van der Waals surface area contributed by atoms with Gasteiger partial charge in [-0.15, -0.1) is 0 Å². The van der Waals surface area contributed by atoms with Crippen LogP contribution in [0.2, 0.25) is 0 Å². The number of nitro benzene ring substituents is 1. The number of alkyl halides is 3. The molecule has 0 aromatic heterocycles. The van der Waals surface area contributed by atoms with E-state index in [0.29, 0.717) is 6.07 Å². The van der Waals surface area contributed by atoms with E-state index in [4.69, 9.17) is 9.84 Å². The number of anilines is 1. The first kappa shape index (κ1) is 17.2. The summed E-state index contributed by atoms with van der Waals surface area (Å²) in [6.45, 7) is -0.103. The molecule has 0 heterocycles. The number of ether oxygens (including phenoxy) is 1. The van der Waals surface area contributed by atoms with Crippen molar-refractivity contribution < 1.29 is 27.9 Å². The maximum atomic E-state index is 13.1. The van der Waals surface area contributed by atoms with E-state index < -0.39 is 22.4 Å². The van der Waals surface area contributed by atoms with Gasteiger partial charge in [0.25, 0.3) is 5.69 Å². The molecule has 0 aliphatic heterocycles. The van der Waals surface area contributed by atoms with Crippen molar-refractivity contribution in [2.24, 2.45) is 0 Å². The molecular formula is C12H15F3N2O4. The molecule has 0 aliphatic carbocycles. The summed E-state index contributed by atoms with van der Waals surface area (Å²) in [4.78, 5) is 11.0. The molecule has 0 radical (unpaired) electrons. The molecule has 0 bridgehead atoms. The highest BCUT2D eigenvalue weighted by Crippen LogP contribution is 2.38. The first-order chi connectivity index (χ1) is 9.81. The van der Waals surface area contributed by atoms with Gasteiger partial charge >= 0.3 is 6.18 Å². The van der Waals surface area contributed by atoms with E-state index in [9.17, 15) is 23.3 Å². The van der Waals surface area contributed by atoms with Gasteiger partial charge in [0.1, 0.15) is 0 Å². The Morgan fingerprint density at radius 3 is 2.52 bits per heavy atom. The van der Waals surface area contributed by atoms with E-state index in [2.05, 4.69) is 0 Å². The third-order valence-electron chi connectivity index (χ3n) is 2.77. The second kappa shape index (κ2) is 7.23. The van der Waals surface area contributed by atoms with E-state index in [1.54, 1.807) is 0 Å². The minimum Gasteiger partial charge on any atom is -0.395 e. The van der Waals surface area contributed by atoms with Crippen molar-refractivity contribution >= 4 is 11.4 Å². The summed E-state index contributed by atoms with van der Waals surface area (Å²) in [5, 5.41) is 19.6. The van der Waals surface area contributed by atoms with Gasteiger partial charge in [-0.3, -0.25) is 10.1 Å². The fourth-order valence-electron chi connectivity index (χ4n) is 1.82. The lowest BCUT2D eigenvalue weighted by Gasteiger charge is -2.26. The van der Waals surface area contributed by atoms with E-state index >= 15 is 0 Å². The fourth-order valence-corrected chi connectivity index (χ4v) is 1.82. The van der Waals surface area contributed by atoms with Crippen LogP contribution in [0.1, 0.15) is 5.56 Å². The van der Waals surface area contributed by atoms with Crippen molar-refractivity contribution in [1.82, 2.24) is 0 Å². The monoisotopic (exact) mass is 308 g/mol. The number of halogens is 3. The van der Waals surface area contributed by atoms with E-state index in [0.717, 1.165) is 12.1 Å². The maximum Gasteiger partial charge on any atom is 0.418 e. The third-order valence-corrected chi connectivity index (χ3v) is 2.77. The molecule has 6 nitrogen and oxygen atoms in total. The summed E-state index contributed by atoms with van der Waals surface area (Å²) in [5.74, 6) is 0. The van der Waals surface area contributed by atoms with Crippen molar-refractivity contribution in [3.63, 3.8) is 0 Å². The van der Waals surface area contributed by atoms with Crippen LogP contribution in [-0.4, -0.2) is 43.4 Å². The number of benzene rings is 1. The van der Waals surface area contributed by atoms with Crippen molar-refractivity contribution in [1.29, 1.82) is 0 Å². The summed E-state index contributed by atoms with van der Waals surface area (Å²) < 4.78 is 44.0. The van der Waals surface area contributed by atoms with E-state index in [-0.39, 0.29) is 32.0 Å². The summed E-state index contributed by atoms with van der Waals surface area (Å²) in [6.07, 6.45) is -4.73. The summed E-state index contributed by atoms with van der Waals surface area (Å²) >= 11 is 0. The average molecular weight is 308 g/mol. The highest BCUT2D eigenvalue weighted by molar-refractivity contribution is 5.59. The second-order valence-electron chi connectivity index (χ2n) is 4.16. The molecule has 0 atom stereocenters. The van der Waals surface area contributed by atoms with E-state index in [1.807, 2.05) is 0 Å². The Bertz CT molecular complexity index is 494. The molecule has 0 fully saturated rings. The SMILES string of the molecule is COCCN(CCO)c1ccc([N+](=O)[O-])cc1C(F)(F)F. The van der Waals surface area contributed by atoms with Crippen LogP contribution in [0.15, 0.2) is 18.2 Å². The largest absolute Gasteiger partial charge is 0.418 e. The number of aliphatic hydroxyl groups is 1. The van der Waals surface area contributed by atoms with Crippen LogP contribution in [0.5, 0.6) is 0 Å². The first-order valence-electron chi connectivity index (χ1n) is 6.01. The maximum absolute atomic E-state index is 13.1. The molecule has 118 valence electrons. The van der Waals surface area contributed by atoms with Crippen LogP contribution in [0.4, 0.5) is 24.5 Å². The Morgan fingerprint density at radius 2 is 2.05 bits per heavy atom. The van der Waals surface area contributed by atoms with Gasteiger partial charge in [0, 0.05) is 38.0 Å². The van der Waals surface area contributed by atoms with Gasteiger partial charge in [-0.05, 0) is 6.07 Å². The molecule has 9 heteroatoms. The normalized spacial score (nSPS) is 11.5. The minimum atomic E-state index is -4.73. The smallest absolute Gasteiger partial charge is 0.395 e. The number of non-ortho nitro benzene ring substituents is 1. The Labute approximate surface area is 118 Å². The Hall–Kier alpha value is -1.87. The number of methoxy groups -OCH3 is 1. The molecule has 1 aromatic rings. The second-order valence-corrected chi connectivity index (χ2v) is 4.16. The molecule has 0 spiro atoms.